The molecule has 1 aromatic heterocycles. The normalized spacial score (nSPS) is 12.5. The fourth-order valence-corrected chi connectivity index (χ4v) is 1.39. The Kier molecular flexibility index (Phi) is 3.25. The molecule has 0 aromatic carbocycles. The molecular formula is C8H12N2OS. The second-order valence-electron chi connectivity index (χ2n) is 2.59. The number of thiophene rings is 1. The predicted octanol–water partition coefficient (Wildman–Crippen LogP) is 0.712. The summed E-state index contributed by atoms with van der Waals surface area (Å²) in [6, 6.07) is 3.51. The molecule has 1 rings (SSSR count). The van der Waals surface area contributed by atoms with Gasteiger partial charge in [0.05, 0.1) is 12.6 Å². The van der Waals surface area contributed by atoms with Gasteiger partial charge in [-0.3, -0.25) is 4.79 Å². The van der Waals surface area contributed by atoms with Gasteiger partial charge in [0.15, 0.2) is 0 Å². The van der Waals surface area contributed by atoms with Gasteiger partial charge in [0, 0.05) is 4.88 Å². The molecule has 0 fully saturated rings. The Morgan fingerprint density at radius 1 is 1.83 bits per heavy atom. The minimum Gasteiger partial charge on any atom is -0.350 e. The van der Waals surface area contributed by atoms with Gasteiger partial charge in [-0.15, -0.1) is 11.3 Å². The Bertz CT molecular complexity index is 244. The molecule has 3 N–H and O–H groups in total. The van der Waals surface area contributed by atoms with Crippen molar-refractivity contribution >= 4 is 17.2 Å². The summed E-state index contributed by atoms with van der Waals surface area (Å²) in [7, 11) is 0. The van der Waals surface area contributed by atoms with Gasteiger partial charge in [-0.25, -0.2) is 0 Å². The summed E-state index contributed by atoms with van der Waals surface area (Å²) in [6.07, 6.45) is 0. The van der Waals surface area contributed by atoms with Crippen LogP contribution in [0.3, 0.4) is 0 Å². The lowest BCUT2D eigenvalue weighted by molar-refractivity contribution is -0.122. The van der Waals surface area contributed by atoms with Crippen LogP contribution in [0.1, 0.15) is 11.8 Å². The highest BCUT2D eigenvalue weighted by Crippen LogP contribution is 2.07. The van der Waals surface area contributed by atoms with Crippen molar-refractivity contribution in [1.29, 1.82) is 0 Å². The summed E-state index contributed by atoms with van der Waals surface area (Å²) in [4.78, 5) is 12.1. The minimum absolute atomic E-state index is 0.108. The smallest absolute Gasteiger partial charge is 0.236 e. The molecule has 1 aromatic rings. The second kappa shape index (κ2) is 4.23. The molecule has 1 unspecified atom stereocenters. The first-order valence-electron chi connectivity index (χ1n) is 3.76. The van der Waals surface area contributed by atoms with Gasteiger partial charge in [0.2, 0.25) is 5.91 Å². The van der Waals surface area contributed by atoms with E-state index in [1.54, 1.807) is 18.3 Å². The lowest BCUT2D eigenvalue weighted by Gasteiger charge is -2.05. The van der Waals surface area contributed by atoms with Crippen LogP contribution in [0.25, 0.3) is 0 Å². The van der Waals surface area contributed by atoms with Crippen molar-refractivity contribution in [2.24, 2.45) is 5.73 Å². The number of rotatable bonds is 3. The fraction of sp³-hybridized carbons (Fsp3) is 0.375. The zero-order chi connectivity index (χ0) is 8.97. The Hall–Kier alpha value is -0.870. The molecule has 0 spiro atoms. The molecule has 12 heavy (non-hydrogen) atoms. The molecule has 3 nitrogen and oxygen atoms in total. The zero-order valence-corrected chi connectivity index (χ0v) is 7.73. The summed E-state index contributed by atoms with van der Waals surface area (Å²) in [5.74, 6) is -0.108. The first kappa shape index (κ1) is 9.22. The fourth-order valence-electron chi connectivity index (χ4n) is 0.748. The average molecular weight is 184 g/mol. The van der Waals surface area contributed by atoms with Crippen LogP contribution >= 0.6 is 11.3 Å². The van der Waals surface area contributed by atoms with Gasteiger partial charge < -0.3 is 11.1 Å². The first-order valence-corrected chi connectivity index (χ1v) is 4.64. The molecular weight excluding hydrogens is 172 g/mol. The third kappa shape index (κ3) is 2.64. The quantitative estimate of drug-likeness (QED) is 0.727. The van der Waals surface area contributed by atoms with E-state index < -0.39 is 6.04 Å². The van der Waals surface area contributed by atoms with Crippen molar-refractivity contribution in [2.75, 3.05) is 0 Å². The van der Waals surface area contributed by atoms with Crippen LogP contribution in [0.15, 0.2) is 17.5 Å². The summed E-state index contributed by atoms with van der Waals surface area (Å²) in [5, 5.41) is 4.71. The van der Waals surface area contributed by atoms with Crippen LogP contribution < -0.4 is 11.1 Å². The standard InChI is InChI=1S/C8H12N2OS/c1-6(9)8(11)10-5-7-3-2-4-12-7/h2-4,6H,5,9H2,1H3,(H,10,11). The average Bonchev–Trinajstić information content (AvgIpc) is 2.51. The van der Waals surface area contributed by atoms with E-state index >= 15 is 0 Å². The third-order valence-corrected chi connectivity index (χ3v) is 2.31. The molecule has 1 atom stereocenters. The molecule has 1 amide bonds. The number of hydrogen-bond acceptors (Lipinski definition) is 3. The molecule has 66 valence electrons. The Labute approximate surface area is 75.6 Å². The predicted molar refractivity (Wildman–Crippen MR) is 49.8 cm³/mol. The van der Waals surface area contributed by atoms with E-state index in [-0.39, 0.29) is 5.91 Å². The van der Waals surface area contributed by atoms with Gasteiger partial charge in [-0.1, -0.05) is 6.07 Å². The Morgan fingerprint density at radius 2 is 2.58 bits per heavy atom. The zero-order valence-electron chi connectivity index (χ0n) is 6.91. The van der Waals surface area contributed by atoms with Gasteiger partial charge >= 0.3 is 0 Å². The van der Waals surface area contributed by atoms with Gasteiger partial charge in [-0.2, -0.15) is 0 Å². The summed E-state index contributed by atoms with van der Waals surface area (Å²) in [5.41, 5.74) is 5.37. The maximum Gasteiger partial charge on any atom is 0.236 e. The number of amides is 1. The van der Waals surface area contributed by atoms with Crippen molar-refractivity contribution in [3.8, 4) is 0 Å². The van der Waals surface area contributed by atoms with Crippen LogP contribution in [0, 0.1) is 0 Å². The molecule has 0 saturated heterocycles. The van der Waals surface area contributed by atoms with Crippen molar-refractivity contribution in [1.82, 2.24) is 5.32 Å². The summed E-state index contributed by atoms with van der Waals surface area (Å²) >= 11 is 1.62. The van der Waals surface area contributed by atoms with E-state index in [0.717, 1.165) is 4.88 Å². The van der Waals surface area contributed by atoms with E-state index in [9.17, 15) is 4.79 Å². The highest BCUT2D eigenvalue weighted by Gasteiger charge is 2.05. The summed E-state index contributed by atoms with van der Waals surface area (Å²) in [6.45, 7) is 2.25. The first-order chi connectivity index (χ1) is 5.70. The van der Waals surface area contributed by atoms with E-state index in [2.05, 4.69) is 5.32 Å². The highest BCUT2D eigenvalue weighted by molar-refractivity contribution is 7.09. The number of carbonyl (C=O) groups is 1. The SMILES string of the molecule is CC(N)C(=O)NCc1cccs1. The number of nitrogens with two attached hydrogens (primary N) is 1. The van der Waals surface area contributed by atoms with E-state index in [0.29, 0.717) is 6.54 Å². The van der Waals surface area contributed by atoms with Crippen molar-refractivity contribution in [2.45, 2.75) is 19.5 Å². The van der Waals surface area contributed by atoms with Crippen molar-refractivity contribution in [3.05, 3.63) is 22.4 Å². The van der Waals surface area contributed by atoms with Gasteiger partial charge in [0.1, 0.15) is 0 Å². The molecule has 0 bridgehead atoms. The van der Waals surface area contributed by atoms with Crippen LogP contribution in [-0.4, -0.2) is 11.9 Å². The molecule has 0 radical (unpaired) electrons. The monoisotopic (exact) mass is 184 g/mol. The van der Waals surface area contributed by atoms with Crippen molar-refractivity contribution < 1.29 is 4.79 Å². The third-order valence-electron chi connectivity index (χ3n) is 1.43. The number of carbonyl (C=O) groups excluding carboxylic acids is 1. The largest absolute Gasteiger partial charge is 0.350 e. The van der Waals surface area contributed by atoms with Gasteiger partial charge in [0.25, 0.3) is 0 Å². The van der Waals surface area contributed by atoms with E-state index in [1.807, 2.05) is 17.5 Å². The molecule has 0 aliphatic carbocycles. The topological polar surface area (TPSA) is 55.1 Å². The van der Waals surface area contributed by atoms with E-state index in [4.69, 9.17) is 5.73 Å². The Morgan fingerprint density at radius 3 is 3.08 bits per heavy atom. The van der Waals surface area contributed by atoms with Gasteiger partial charge in [-0.05, 0) is 18.4 Å². The second-order valence-corrected chi connectivity index (χ2v) is 3.62. The maximum atomic E-state index is 11.0. The molecule has 4 heteroatoms. The lowest BCUT2D eigenvalue weighted by Crippen LogP contribution is -2.37. The molecule has 0 aliphatic rings. The highest BCUT2D eigenvalue weighted by atomic mass is 32.1. The summed E-state index contributed by atoms with van der Waals surface area (Å²) < 4.78 is 0. The Balaban J connectivity index is 2.32. The van der Waals surface area contributed by atoms with E-state index in [1.165, 1.54) is 0 Å². The molecule has 0 saturated carbocycles. The number of hydrogen-bond donors (Lipinski definition) is 2. The van der Waals surface area contributed by atoms with Crippen LogP contribution in [0.5, 0.6) is 0 Å². The maximum absolute atomic E-state index is 11.0. The minimum atomic E-state index is -0.426. The number of nitrogens with one attached hydrogen (secondary N) is 1. The molecule has 0 aliphatic heterocycles. The lowest BCUT2D eigenvalue weighted by atomic mass is 10.3. The van der Waals surface area contributed by atoms with Crippen LogP contribution in [0.4, 0.5) is 0 Å². The van der Waals surface area contributed by atoms with Crippen LogP contribution in [0.2, 0.25) is 0 Å². The van der Waals surface area contributed by atoms with Crippen molar-refractivity contribution in [3.63, 3.8) is 0 Å². The van der Waals surface area contributed by atoms with Crippen LogP contribution in [-0.2, 0) is 11.3 Å². The molecule has 1 heterocycles.